The van der Waals surface area contributed by atoms with Crippen molar-refractivity contribution in [3.63, 3.8) is 0 Å². The van der Waals surface area contributed by atoms with Gasteiger partial charge in [-0.3, -0.25) is 0 Å². The normalized spacial score (nSPS) is 24.7. The third-order valence-electron chi connectivity index (χ3n) is 4.70. The van der Waals surface area contributed by atoms with Gasteiger partial charge in [0, 0.05) is 0 Å². The predicted octanol–water partition coefficient (Wildman–Crippen LogP) is 5.45. The molecule has 2 rings (SSSR count). The Morgan fingerprint density at radius 2 is 1.91 bits per heavy atom. The molecule has 1 aromatic rings. The van der Waals surface area contributed by atoms with Crippen molar-refractivity contribution < 1.29 is 8.84 Å². The SMILES string of the molecule is CCCCC[Si]1(F)CCC(COc2ccc(C#N)cc2)CC1. The fourth-order valence-corrected chi connectivity index (χ4v) is 6.63. The molecule has 1 fully saturated rings. The molecule has 4 heteroatoms. The highest BCUT2D eigenvalue weighted by Crippen LogP contribution is 2.37. The zero-order valence-electron chi connectivity index (χ0n) is 13.5. The molecule has 0 N–H and O–H groups in total. The second kappa shape index (κ2) is 8.33. The summed E-state index contributed by atoms with van der Waals surface area (Å²) < 4.78 is 20.6. The van der Waals surface area contributed by atoms with Crippen molar-refractivity contribution >= 4 is 8.41 Å². The molecule has 1 aromatic carbocycles. The lowest BCUT2D eigenvalue weighted by molar-refractivity contribution is 0.233. The van der Waals surface area contributed by atoms with Crippen LogP contribution in [0.5, 0.6) is 5.75 Å². The summed E-state index contributed by atoms with van der Waals surface area (Å²) in [5.74, 6) is 1.29. The smallest absolute Gasteiger partial charge is 0.247 e. The van der Waals surface area contributed by atoms with Crippen LogP contribution >= 0.6 is 0 Å². The van der Waals surface area contributed by atoms with Gasteiger partial charge in [0.2, 0.25) is 8.41 Å². The van der Waals surface area contributed by atoms with Gasteiger partial charge >= 0.3 is 0 Å². The van der Waals surface area contributed by atoms with E-state index in [0.29, 0.717) is 18.1 Å². The van der Waals surface area contributed by atoms with Gasteiger partial charge in [-0.15, -0.1) is 0 Å². The number of ether oxygens (including phenoxy) is 1. The van der Waals surface area contributed by atoms with Crippen molar-refractivity contribution in [1.29, 1.82) is 5.26 Å². The Bertz CT molecular complexity index is 489. The van der Waals surface area contributed by atoms with Crippen LogP contribution in [0.1, 0.15) is 44.6 Å². The monoisotopic (exact) mass is 319 g/mol. The average Bonchev–Trinajstić information content (AvgIpc) is 2.55. The second-order valence-electron chi connectivity index (χ2n) is 6.50. The van der Waals surface area contributed by atoms with Crippen LogP contribution < -0.4 is 4.74 Å². The van der Waals surface area contributed by atoms with Gasteiger partial charge in [-0.05, 0) is 61.2 Å². The lowest BCUT2D eigenvalue weighted by Gasteiger charge is -2.31. The molecule has 0 spiro atoms. The van der Waals surface area contributed by atoms with Crippen molar-refractivity contribution in [2.24, 2.45) is 5.92 Å². The molecular weight excluding hydrogens is 293 g/mol. The van der Waals surface area contributed by atoms with E-state index < -0.39 is 8.41 Å². The first kappa shape index (κ1) is 17.0. The van der Waals surface area contributed by atoms with Crippen LogP contribution in [-0.2, 0) is 0 Å². The molecule has 1 saturated heterocycles. The van der Waals surface area contributed by atoms with E-state index in [0.717, 1.165) is 43.1 Å². The van der Waals surface area contributed by atoms with E-state index in [2.05, 4.69) is 13.0 Å². The van der Waals surface area contributed by atoms with E-state index in [1.165, 1.54) is 12.8 Å². The van der Waals surface area contributed by atoms with E-state index in [4.69, 9.17) is 10.00 Å². The van der Waals surface area contributed by atoms with E-state index >= 15 is 0 Å². The van der Waals surface area contributed by atoms with Crippen LogP contribution in [0.3, 0.4) is 0 Å². The van der Waals surface area contributed by atoms with E-state index in [-0.39, 0.29) is 0 Å². The third-order valence-corrected chi connectivity index (χ3v) is 8.32. The minimum absolute atomic E-state index is 0.484. The van der Waals surface area contributed by atoms with Crippen LogP contribution in [0.2, 0.25) is 18.1 Å². The number of benzene rings is 1. The number of nitrogens with zero attached hydrogens (tertiary/aromatic N) is 1. The Morgan fingerprint density at radius 3 is 2.50 bits per heavy atom. The molecule has 1 aliphatic heterocycles. The van der Waals surface area contributed by atoms with Gasteiger partial charge in [0.15, 0.2) is 0 Å². The Hall–Kier alpha value is -1.34. The highest BCUT2D eigenvalue weighted by Gasteiger charge is 2.38. The largest absolute Gasteiger partial charge is 0.493 e. The van der Waals surface area contributed by atoms with Gasteiger partial charge < -0.3 is 8.84 Å². The van der Waals surface area contributed by atoms with Gasteiger partial charge in [0.1, 0.15) is 5.75 Å². The summed E-state index contributed by atoms with van der Waals surface area (Å²) in [5.41, 5.74) is 0.644. The standard InChI is InChI=1S/C18H26FNOSi/c1-2-3-4-11-22(19)12-9-17(10-13-22)15-21-18-7-5-16(14-20)6-8-18/h5-8,17H,2-4,9-13,15H2,1H3. The lowest BCUT2D eigenvalue weighted by atomic mass is 10.0. The molecule has 22 heavy (non-hydrogen) atoms. The molecule has 0 bridgehead atoms. The fraction of sp³-hybridized carbons (Fsp3) is 0.611. The summed E-state index contributed by atoms with van der Waals surface area (Å²) in [5, 5.41) is 8.77. The van der Waals surface area contributed by atoms with Crippen LogP contribution in [0.15, 0.2) is 24.3 Å². The Kier molecular flexibility index (Phi) is 6.44. The van der Waals surface area contributed by atoms with E-state index in [9.17, 15) is 4.11 Å². The average molecular weight is 319 g/mol. The summed E-state index contributed by atoms with van der Waals surface area (Å²) in [6.07, 6.45) is 5.37. The lowest BCUT2D eigenvalue weighted by Crippen LogP contribution is -2.35. The first-order valence-electron chi connectivity index (χ1n) is 8.47. The zero-order chi connectivity index (χ0) is 15.8. The summed E-state index contributed by atoms with van der Waals surface area (Å²) in [4.78, 5) is 0. The van der Waals surface area contributed by atoms with E-state index in [1.807, 2.05) is 12.1 Å². The topological polar surface area (TPSA) is 33.0 Å². The molecule has 0 aromatic heterocycles. The van der Waals surface area contributed by atoms with Gasteiger partial charge in [0.25, 0.3) is 0 Å². The molecule has 0 aliphatic carbocycles. The van der Waals surface area contributed by atoms with Crippen molar-refractivity contribution in [3.8, 4) is 11.8 Å². The number of unbranched alkanes of at least 4 members (excludes halogenated alkanes) is 2. The molecule has 120 valence electrons. The molecule has 1 heterocycles. The van der Waals surface area contributed by atoms with Gasteiger partial charge in [-0.1, -0.05) is 26.2 Å². The Balaban J connectivity index is 1.71. The first-order chi connectivity index (χ1) is 10.6. The zero-order valence-corrected chi connectivity index (χ0v) is 14.5. The number of halogens is 1. The van der Waals surface area contributed by atoms with Crippen molar-refractivity contribution in [2.45, 2.75) is 57.2 Å². The second-order valence-corrected chi connectivity index (χ2v) is 10.3. The molecular formula is C18H26FNOSi. The molecule has 0 unspecified atom stereocenters. The number of nitriles is 1. The fourth-order valence-electron chi connectivity index (χ4n) is 3.14. The summed E-state index contributed by atoms with van der Waals surface area (Å²) in [7, 11) is -2.43. The number of hydrogen-bond donors (Lipinski definition) is 0. The quantitative estimate of drug-likeness (QED) is 0.380. The van der Waals surface area contributed by atoms with Gasteiger partial charge in [-0.2, -0.15) is 5.26 Å². The highest BCUT2D eigenvalue weighted by molar-refractivity contribution is 6.73. The predicted molar refractivity (Wildman–Crippen MR) is 90.2 cm³/mol. The van der Waals surface area contributed by atoms with Crippen molar-refractivity contribution in [2.75, 3.05) is 6.61 Å². The summed E-state index contributed by atoms with van der Waals surface area (Å²) >= 11 is 0. The number of rotatable bonds is 7. The van der Waals surface area contributed by atoms with Crippen molar-refractivity contribution in [1.82, 2.24) is 0 Å². The van der Waals surface area contributed by atoms with Crippen LogP contribution in [0.25, 0.3) is 0 Å². The summed E-state index contributed by atoms with van der Waals surface area (Å²) in [6.45, 7) is 2.84. The first-order valence-corrected chi connectivity index (χ1v) is 11.0. The van der Waals surface area contributed by atoms with Gasteiger partial charge in [-0.25, -0.2) is 0 Å². The minimum Gasteiger partial charge on any atom is -0.493 e. The maximum Gasteiger partial charge on any atom is 0.247 e. The van der Waals surface area contributed by atoms with Crippen molar-refractivity contribution in [3.05, 3.63) is 29.8 Å². The van der Waals surface area contributed by atoms with Crippen LogP contribution in [-0.4, -0.2) is 15.0 Å². The van der Waals surface area contributed by atoms with Gasteiger partial charge in [0.05, 0.1) is 18.2 Å². The molecule has 2 nitrogen and oxygen atoms in total. The maximum atomic E-state index is 14.8. The summed E-state index contributed by atoms with van der Waals surface area (Å²) in [6, 6.07) is 11.8. The maximum absolute atomic E-state index is 14.8. The number of hydrogen-bond acceptors (Lipinski definition) is 2. The highest BCUT2D eigenvalue weighted by atomic mass is 28.4. The van der Waals surface area contributed by atoms with Crippen LogP contribution in [0, 0.1) is 17.2 Å². The molecule has 1 aliphatic rings. The molecule has 0 radical (unpaired) electrons. The Labute approximate surface area is 134 Å². The minimum atomic E-state index is -2.43. The Morgan fingerprint density at radius 1 is 1.23 bits per heavy atom. The third kappa shape index (κ3) is 5.13. The molecule has 0 saturated carbocycles. The van der Waals surface area contributed by atoms with Crippen LogP contribution in [0.4, 0.5) is 4.11 Å². The van der Waals surface area contributed by atoms with E-state index in [1.54, 1.807) is 12.1 Å². The molecule has 0 amide bonds. The molecule has 0 atom stereocenters.